The van der Waals surface area contributed by atoms with Gasteiger partial charge >= 0.3 is 0 Å². The highest BCUT2D eigenvalue weighted by Gasteiger charge is 2.16. The Hall–Kier alpha value is -0.700. The molecule has 0 fully saturated rings. The van der Waals surface area contributed by atoms with Crippen molar-refractivity contribution in [3.8, 4) is 5.75 Å². The van der Waals surface area contributed by atoms with Crippen LogP contribution in [-0.2, 0) is 0 Å². The maximum atomic E-state index is 5.53. The van der Waals surface area contributed by atoms with Crippen LogP contribution in [0.15, 0.2) is 24.3 Å². The summed E-state index contributed by atoms with van der Waals surface area (Å²) < 4.78 is 5.53. The Labute approximate surface area is 80.1 Å². The minimum Gasteiger partial charge on any atom is -0.489 e. The van der Waals surface area contributed by atoms with E-state index in [0.29, 0.717) is 6.04 Å². The molecule has 1 aliphatic rings. The molecule has 3 heteroatoms. The molecule has 0 spiro atoms. The zero-order valence-corrected chi connectivity index (χ0v) is 8.17. The van der Waals surface area contributed by atoms with E-state index in [1.165, 1.54) is 0 Å². The van der Waals surface area contributed by atoms with Crippen LogP contribution in [0.25, 0.3) is 0 Å². The lowest BCUT2D eigenvalue weighted by molar-refractivity contribution is 0.294. The lowest BCUT2D eigenvalue weighted by atomic mass is 10.2. The van der Waals surface area contributed by atoms with Gasteiger partial charge in [-0.05, 0) is 12.1 Å². The van der Waals surface area contributed by atoms with E-state index in [0.717, 1.165) is 23.4 Å². The number of halogens is 1. The summed E-state index contributed by atoms with van der Waals surface area (Å²) in [5.41, 5.74) is 1.09. The number of fused-ring (bicyclic) bond motifs is 1. The van der Waals surface area contributed by atoms with Crippen molar-refractivity contribution >= 4 is 21.6 Å². The Balaban J connectivity index is 2.23. The van der Waals surface area contributed by atoms with Crippen LogP contribution < -0.4 is 10.1 Å². The van der Waals surface area contributed by atoms with Gasteiger partial charge in [-0.25, -0.2) is 0 Å². The number of nitrogens with one attached hydrogen (secondary N) is 1. The van der Waals surface area contributed by atoms with Gasteiger partial charge in [0.25, 0.3) is 0 Å². The maximum absolute atomic E-state index is 5.53. The highest BCUT2D eigenvalue weighted by atomic mass is 79.9. The molecule has 1 aliphatic heterocycles. The van der Waals surface area contributed by atoms with Crippen molar-refractivity contribution in [2.24, 2.45) is 0 Å². The van der Waals surface area contributed by atoms with E-state index in [2.05, 4.69) is 21.2 Å². The third-order valence-corrected chi connectivity index (χ3v) is 2.65. The van der Waals surface area contributed by atoms with E-state index in [-0.39, 0.29) is 0 Å². The molecule has 2 rings (SSSR count). The molecule has 0 amide bonds. The first-order valence-electron chi connectivity index (χ1n) is 3.94. The van der Waals surface area contributed by atoms with Gasteiger partial charge in [-0.15, -0.1) is 0 Å². The fourth-order valence-electron chi connectivity index (χ4n) is 1.25. The van der Waals surface area contributed by atoms with E-state index >= 15 is 0 Å². The van der Waals surface area contributed by atoms with Gasteiger partial charge < -0.3 is 10.1 Å². The number of alkyl halides is 1. The van der Waals surface area contributed by atoms with Gasteiger partial charge in [-0.2, -0.15) is 0 Å². The Morgan fingerprint density at radius 2 is 2.33 bits per heavy atom. The Bertz CT molecular complexity index is 277. The minimum absolute atomic E-state index is 0.389. The van der Waals surface area contributed by atoms with E-state index in [4.69, 9.17) is 4.74 Å². The molecule has 1 heterocycles. The number of rotatable bonds is 1. The second-order valence-corrected chi connectivity index (χ2v) is 3.45. The van der Waals surface area contributed by atoms with Crippen LogP contribution in [0.3, 0.4) is 0 Å². The summed E-state index contributed by atoms with van der Waals surface area (Å²) in [6, 6.07) is 8.39. The third-order valence-electron chi connectivity index (χ3n) is 1.87. The molecule has 1 aromatic carbocycles. The largest absolute Gasteiger partial charge is 0.489 e. The molecule has 0 aliphatic carbocycles. The van der Waals surface area contributed by atoms with Crippen LogP contribution in [0.2, 0.25) is 0 Å². The van der Waals surface area contributed by atoms with Gasteiger partial charge in [-0.3, -0.25) is 0 Å². The summed E-state index contributed by atoms with van der Waals surface area (Å²) in [5.74, 6) is 0.953. The number of benzene rings is 1. The highest BCUT2D eigenvalue weighted by molar-refractivity contribution is 9.09. The number of anilines is 1. The minimum atomic E-state index is 0.389. The molecular weight excluding hydrogens is 218 g/mol. The summed E-state index contributed by atoms with van der Waals surface area (Å²) in [6.45, 7) is 0.738. The van der Waals surface area contributed by atoms with Crippen molar-refractivity contribution < 1.29 is 4.74 Å². The summed E-state index contributed by atoms with van der Waals surface area (Å²) in [6.07, 6.45) is 0. The summed E-state index contributed by atoms with van der Waals surface area (Å²) >= 11 is 3.42. The van der Waals surface area contributed by atoms with Gasteiger partial charge in [0.15, 0.2) is 0 Å². The molecule has 0 bridgehead atoms. The maximum Gasteiger partial charge on any atom is 0.142 e. The molecule has 0 unspecified atom stereocenters. The van der Waals surface area contributed by atoms with Crippen LogP contribution in [0.4, 0.5) is 5.69 Å². The normalized spacial score (nSPS) is 20.6. The van der Waals surface area contributed by atoms with Crippen LogP contribution in [0.1, 0.15) is 0 Å². The molecule has 1 N–H and O–H groups in total. The average Bonchev–Trinajstić information content (AvgIpc) is 2.17. The van der Waals surface area contributed by atoms with Crippen LogP contribution >= 0.6 is 15.9 Å². The number of hydrogen-bond donors (Lipinski definition) is 1. The van der Waals surface area contributed by atoms with E-state index in [1.807, 2.05) is 24.3 Å². The third kappa shape index (κ3) is 1.41. The van der Waals surface area contributed by atoms with Gasteiger partial charge in [0.2, 0.25) is 0 Å². The number of para-hydroxylation sites is 2. The van der Waals surface area contributed by atoms with Crippen LogP contribution in [0, 0.1) is 0 Å². The van der Waals surface area contributed by atoms with Crippen LogP contribution in [-0.4, -0.2) is 18.0 Å². The SMILES string of the molecule is BrC[C@H]1COc2ccccc2N1. The molecule has 1 atom stereocenters. The molecule has 0 aromatic heterocycles. The van der Waals surface area contributed by atoms with Crippen molar-refractivity contribution in [3.63, 3.8) is 0 Å². The van der Waals surface area contributed by atoms with E-state index < -0.39 is 0 Å². The van der Waals surface area contributed by atoms with Gasteiger partial charge in [0.1, 0.15) is 12.4 Å². The first-order chi connectivity index (χ1) is 5.90. The second kappa shape index (κ2) is 3.35. The molecule has 12 heavy (non-hydrogen) atoms. The fraction of sp³-hybridized carbons (Fsp3) is 0.333. The summed E-state index contributed by atoms with van der Waals surface area (Å²) in [7, 11) is 0. The zero-order valence-electron chi connectivity index (χ0n) is 6.59. The summed E-state index contributed by atoms with van der Waals surface area (Å²) in [4.78, 5) is 0. The topological polar surface area (TPSA) is 21.3 Å². The van der Waals surface area contributed by atoms with Crippen molar-refractivity contribution in [1.29, 1.82) is 0 Å². The van der Waals surface area contributed by atoms with Gasteiger partial charge in [0.05, 0.1) is 11.7 Å². The average molecular weight is 228 g/mol. The zero-order chi connectivity index (χ0) is 8.39. The van der Waals surface area contributed by atoms with E-state index in [1.54, 1.807) is 0 Å². The number of hydrogen-bond acceptors (Lipinski definition) is 2. The van der Waals surface area contributed by atoms with Gasteiger partial charge in [-0.1, -0.05) is 28.1 Å². The van der Waals surface area contributed by atoms with Crippen molar-refractivity contribution in [2.75, 3.05) is 17.3 Å². The van der Waals surface area contributed by atoms with Crippen LogP contribution in [0.5, 0.6) is 5.75 Å². The van der Waals surface area contributed by atoms with Gasteiger partial charge in [0, 0.05) is 5.33 Å². The molecule has 0 saturated carbocycles. The lowest BCUT2D eigenvalue weighted by Crippen LogP contribution is -2.32. The first kappa shape index (κ1) is 7.92. The molecule has 64 valence electrons. The molecular formula is C9H10BrNO. The van der Waals surface area contributed by atoms with Crippen molar-refractivity contribution in [1.82, 2.24) is 0 Å². The Morgan fingerprint density at radius 3 is 3.17 bits per heavy atom. The Morgan fingerprint density at radius 1 is 1.50 bits per heavy atom. The highest BCUT2D eigenvalue weighted by Crippen LogP contribution is 2.28. The summed E-state index contributed by atoms with van der Waals surface area (Å²) in [5, 5.41) is 4.29. The lowest BCUT2D eigenvalue weighted by Gasteiger charge is -2.25. The smallest absolute Gasteiger partial charge is 0.142 e. The number of ether oxygens (including phenoxy) is 1. The van der Waals surface area contributed by atoms with Crippen molar-refractivity contribution in [3.05, 3.63) is 24.3 Å². The fourth-order valence-corrected chi connectivity index (χ4v) is 1.60. The molecule has 0 radical (unpaired) electrons. The second-order valence-electron chi connectivity index (χ2n) is 2.80. The molecule has 2 nitrogen and oxygen atoms in total. The standard InChI is InChI=1S/C9H10BrNO/c10-5-7-6-12-9-4-2-1-3-8(9)11-7/h1-4,7,11H,5-6H2/t7-/m0/s1. The van der Waals surface area contributed by atoms with E-state index in [9.17, 15) is 0 Å². The van der Waals surface area contributed by atoms with Crippen molar-refractivity contribution in [2.45, 2.75) is 6.04 Å². The first-order valence-corrected chi connectivity index (χ1v) is 5.06. The monoisotopic (exact) mass is 227 g/mol. The molecule has 1 aromatic rings. The molecule has 0 saturated heterocycles. The predicted octanol–water partition coefficient (Wildman–Crippen LogP) is 2.25. The Kier molecular flexibility index (Phi) is 2.21. The quantitative estimate of drug-likeness (QED) is 0.744. The predicted molar refractivity (Wildman–Crippen MR) is 53.1 cm³/mol.